The summed E-state index contributed by atoms with van der Waals surface area (Å²) in [4.78, 5) is 12.5. The molecule has 27 heavy (non-hydrogen) atoms. The molecule has 1 heterocycles. The van der Waals surface area contributed by atoms with Crippen molar-refractivity contribution in [2.24, 2.45) is 0 Å². The molecule has 0 bridgehead atoms. The average molecular weight is 405 g/mol. The fourth-order valence-corrected chi connectivity index (χ4v) is 3.38. The molecule has 0 saturated carbocycles. The molecular weight excluding hydrogens is 388 g/mol. The molecule has 1 atom stereocenters. The second kappa shape index (κ2) is 8.45. The van der Waals surface area contributed by atoms with Crippen molar-refractivity contribution in [3.63, 3.8) is 0 Å². The van der Waals surface area contributed by atoms with Crippen LogP contribution < -0.4 is 9.47 Å². The van der Waals surface area contributed by atoms with E-state index in [2.05, 4.69) is 10.2 Å². The predicted octanol–water partition coefficient (Wildman–Crippen LogP) is 4.77. The zero-order chi connectivity index (χ0) is 19.4. The number of ether oxygens (including phenoxy) is 2. The third kappa shape index (κ3) is 4.43. The molecule has 0 fully saturated rings. The van der Waals surface area contributed by atoms with Gasteiger partial charge in [-0.05, 0) is 37.3 Å². The van der Waals surface area contributed by atoms with Crippen molar-refractivity contribution >= 4 is 29.1 Å². The van der Waals surface area contributed by atoms with Crippen molar-refractivity contribution < 1.29 is 18.7 Å². The van der Waals surface area contributed by atoms with Crippen LogP contribution in [0.15, 0.2) is 52.1 Å². The Bertz CT molecular complexity index is 960. The number of thioether (sulfide) groups is 1. The van der Waals surface area contributed by atoms with Crippen molar-refractivity contribution in [1.29, 1.82) is 0 Å². The summed E-state index contributed by atoms with van der Waals surface area (Å²) in [6, 6.07) is 12.2. The first kappa shape index (κ1) is 19.3. The average Bonchev–Trinajstić information content (AvgIpc) is 3.15. The highest BCUT2D eigenvalue weighted by atomic mass is 35.5. The van der Waals surface area contributed by atoms with Gasteiger partial charge in [0.05, 0.1) is 19.5 Å². The van der Waals surface area contributed by atoms with Crippen LogP contribution in [0.4, 0.5) is 0 Å². The lowest BCUT2D eigenvalue weighted by molar-refractivity contribution is 0.0993. The van der Waals surface area contributed by atoms with Gasteiger partial charge in [-0.25, -0.2) is 0 Å². The number of ketones is 1. The van der Waals surface area contributed by atoms with Crippen LogP contribution in [-0.4, -0.2) is 35.5 Å². The molecule has 0 aliphatic rings. The fraction of sp³-hybridized carbons (Fsp3) is 0.211. The van der Waals surface area contributed by atoms with Gasteiger partial charge in [0.2, 0.25) is 5.89 Å². The van der Waals surface area contributed by atoms with Crippen LogP contribution in [0.1, 0.15) is 17.3 Å². The minimum absolute atomic E-state index is 0.0617. The Hall–Kier alpha value is -2.51. The predicted molar refractivity (Wildman–Crippen MR) is 104 cm³/mol. The molecule has 1 aromatic heterocycles. The molecule has 0 N–H and O–H groups in total. The minimum Gasteiger partial charge on any atom is -0.493 e. The zero-order valence-corrected chi connectivity index (χ0v) is 16.5. The quantitative estimate of drug-likeness (QED) is 0.414. The summed E-state index contributed by atoms with van der Waals surface area (Å²) in [6.07, 6.45) is 0. The van der Waals surface area contributed by atoms with E-state index >= 15 is 0 Å². The number of Topliss-reactive ketones (excluding diaryl/α,β-unsaturated/α-hetero) is 1. The van der Waals surface area contributed by atoms with Gasteiger partial charge in [-0.3, -0.25) is 4.79 Å². The highest BCUT2D eigenvalue weighted by Crippen LogP contribution is 2.33. The van der Waals surface area contributed by atoms with Crippen molar-refractivity contribution in [2.45, 2.75) is 17.4 Å². The minimum atomic E-state index is -0.401. The summed E-state index contributed by atoms with van der Waals surface area (Å²) in [6.45, 7) is 1.79. The largest absolute Gasteiger partial charge is 0.493 e. The maximum absolute atomic E-state index is 12.5. The molecule has 6 nitrogen and oxygen atoms in total. The Balaban J connectivity index is 1.75. The Morgan fingerprint density at radius 3 is 2.59 bits per heavy atom. The second-order valence-electron chi connectivity index (χ2n) is 5.58. The van der Waals surface area contributed by atoms with Crippen LogP contribution in [0.2, 0.25) is 5.02 Å². The molecule has 2 aromatic carbocycles. The third-order valence-corrected chi connectivity index (χ3v) is 4.96. The van der Waals surface area contributed by atoms with Gasteiger partial charge in [0.25, 0.3) is 5.22 Å². The van der Waals surface area contributed by atoms with Gasteiger partial charge in [0.1, 0.15) is 0 Å². The number of carbonyl (C=O) groups excluding carboxylic acids is 1. The van der Waals surface area contributed by atoms with Gasteiger partial charge in [-0.1, -0.05) is 35.5 Å². The summed E-state index contributed by atoms with van der Waals surface area (Å²) in [7, 11) is 3.12. The molecule has 0 aliphatic carbocycles. The Labute approximate surface area is 165 Å². The first-order chi connectivity index (χ1) is 13.0. The van der Waals surface area contributed by atoms with Crippen LogP contribution in [0.5, 0.6) is 11.5 Å². The van der Waals surface area contributed by atoms with Gasteiger partial charge in [0.15, 0.2) is 17.3 Å². The highest BCUT2D eigenvalue weighted by molar-refractivity contribution is 8.00. The number of methoxy groups -OCH3 is 2. The number of benzene rings is 2. The van der Waals surface area contributed by atoms with Crippen molar-refractivity contribution in [2.75, 3.05) is 14.2 Å². The molecule has 3 aromatic rings. The number of aromatic nitrogens is 2. The van der Waals surface area contributed by atoms with Crippen molar-refractivity contribution in [1.82, 2.24) is 10.2 Å². The summed E-state index contributed by atoms with van der Waals surface area (Å²) in [5.74, 6) is 1.44. The van der Waals surface area contributed by atoms with E-state index in [0.29, 0.717) is 38.8 Å². The number of carbonyl (C=O) groups is 1. The molecular formula is C19H17ClN2O4S. The molecule has 3 rings (SSSR count). The maximum atomic E-state index is 12.5. The van der Waals surface area contributed by atoms with E-state index in [-0.39, 0.29) is 5.78 Å². The third-order valence-electron chi connectivity index (χ3n) is 3.79. The maximum Gasteiger partial charge on any atom is 0.277 e. The van der Waals surface area contributed by atoms with Crippen molar-refractivity contribution in [3.05, 3.63) is 53.1 Å². The molecule has 0 spiro atoms. The van der Waals surface area contributed by atoms with Crippen LogP contribution in [0, 0.1) is 0 Å². The number of nitrogens with zero attached hydrogens (tertiary/aromatic N) is 2. The lowest BCUT2D eigenvalue weighted by Gasteiger charge is -2.08. The lowest BCUT2D eigenvalue weighted by Crippen LogP contribution is -2.13. The van der Waals surface area contributed by atoms with Gasteiger partial charge >= 0.3 is 0 Å². The van der Waals surface area contributed by atoms with E-state index < -0.39 is 5.25 Å². The normalized spacial score (nSPS) is 11.9. The monoisotopic (exact) mass is 404 g/mol. The molecule has 1 unspecified atom stereocenters. The SMILES string of the molecule is COc1ccc(-c2nnc(SC(C)C(=O)c3cccc(Cl)c3)o2)cc1OC. The Morgan fingerprint density at radius 1 is 1.11 bits per heavy atom. The number of hydrogen-bond donors (Lipinski definition) is 0. The van der Waals surface area contributed by atoms with Gasteiger partial charge in [0, 0.05) is 16.1 Å². The van der Waals surface area contributed by atoms with E-state index in [1.54, 1.807) is 63.6 Å². The zero-order valence-electron chi connectivity index (χ0n) is 14.9. The van der Waals surface area contributed by atoms with E-state index in [4.69, 9.17) is 25.5 Å². The van der Waals surface area contributed by atoms with Crippen molar-refractivity contribution in [3.8, 4) is 23.0 Å². The highest BCUT2D eigenvalue weighted by Gasteiger charge is 2.20. The standard InChI is InChI=1S/C19H17ClN2O4S/c1-11(17(23)12-5-4-6-14(20)9-12)27-19-22-21-18(26-19)13-7-8-15(24-2)16(10-13)25-3/h4-11H,1-3H3. The number of rotatable bonds is 7. The first-order valence-corrected chi connectivity index (χ1v) is 9.30. The smallest absolute Gasteiger partial charge is 0.277 e. The van der Waals surface area contributed by atoms with Gasteiger partial charge < -0.3 is 13.9 Å². The summed E-state index contributed by atoms with van der Waals surface area (Å²) in [5.41, 5.74) is 1.24. The van der Waals surface area contributed by atoms with Crippen LogP contribution in [0.3, 0.4) is 0 Å². The lowest BCUT2D eigenvalue weighted by atomic mass is 10.1. The Kier molecular flexibility index (Phi) is 6.03. The number of hydrogen-bond acceptors (Lipinski definition) is 7. The van der Waals surface area contributed by atoms with E-state index in [1.807, 2.05) is 0 Å². The molecule has 0 amide bonds. The van der Waals surface area contributed by atoms with Gasteiger partial charge in [-0.15, -0.1) is 10.2 Å². The summed E-state index contributed by atoms with van der Waals surface area (Å²) >= 11 is 7.15. The van der Waals surface area contributed by atoms with Gasteiger partial charge in [-0.2, -0.15) is 0 Å². The van der Waals surface area contributed by atoms with Crippen LogP contribution in [0.25, 0.3) is 11.5 Å². The number of halogens is 1. The first-order valence-electron chi connectivity index (χ1n) is 8.04. The van der Waals surface area contributed by atoms with Crippen LogP contribution >= 0.6 is 23.4 Å². The summed E-state index contributed by atoms with van der Waals surface area (Å²) < 4.78 is 16.2. The second-order valence-corrected chi connectivity index (χ2v) is 7.31. The fourth-order valence-electron chi connectivity index (χ4n) is 2.42. The Morgan fingerprint density at radius 2 is 1.89 bits per heavy atom. The van der Waals surface area contributed by atoms with E-state index in [1.165, 1.54) is 11.8 Å². The van der Waals surface area contributed by atoms with E-state index in [0.717, 1.165) is 0 Å². The van der Waals surface area contributed by atoms with Crippen LogP contribution in [-0.2, 0) is 0 Å². The molecule has 0 radical (unpaired) electrons. The topological polar surface area (TPSA) is 74.5 Å². The molecule has 8 heteroatoms. The van der Waals surface area contributed by atoms with E-state index in [9.17, 15) is 4.79 Å². The molecule has 0 saturated heterocycles. The molecule has 0 aliphatic heterocycles. The summed E-state index contributed by atoms with van der Waals surface area (Å²) in [5, 5.41) is 8.50. The molecule has 140 valence electrons.